The maximum Gasteiger partial charge on any atom is 0.252 e. The standard InChI is InChI=1S/C34H38N12O5S3/c1-2-36-31(50)28-26(48)27(49)32(51-28)46-16-40-25-29(35)44-33(45-30(25)46)38-10-9-20-5-3-19(4-6-20)7-8-24(47)37-11-12-39-34(54)43-23-14-21(41-17-52)13-22(15-23)42-18-53/h3-6,13-16,26-28,32,48-49H,2,7-12H2,1H3,(H,36,50)(H,37,47)(H2,39,43,54)(H3,35,38,44,45)/t26-,27+,28-,32+/m0/s1. The van der Waals surface area contributed by atoms with Gasteiger partial charge in [0.1, 0.15) is 17.7 Å². The van der Waals surface area contributed by atoms with E-state index in [2.05, 4.69) is 86.3 Å². The first-order chi connectivity index (χ1) is 26.1. The number of aliphatic hydroxyl groups excluding tert-OH is 2. The molecule has 4 aromatic rings. The molecule has 1 aliphatic rings. The maximum absolute atomic E-state index is 12.5. The number of hydrogen-bond donors (Lipinski definition) is 8. The number of benzene rings is 2. The first kappa shape index (κ1) is 39.9. The Morgan fingerprint density at radius 2 is 1.61 bits per heavy atom. The minimum absolute atomic E-state index is 0.0816. The van der Waals surface area contributed by atoms with E-state index in [0.717, 1.165) is 11.1 Å². The van der Waals surface area contributed by atoms with Crippen molar-refractivity contribution in [3.63, 3.8) is 0 Å². The molecule has 54 heavy (non-hydrogen) atoms. The molecule has 2 amide bonds. The van der Waals surface area contributed by atoms with Gasteiger partial charge in [-0.3, -0.25) is 14.2 Å². The van der Waals surface area contributed by atoms with Crippen molar-refractivity contribution in [2.24, 2.45) is 9.98 Å². The molecule has 0 aliphatic carbocycles. The van der Waals surface area contributed by atoms with E-state index < -0.39 is 30.4 Å². The summed E-state index contributed by atoms with van der Waals surface area (Å²) in [6.07, 6.45) is -2.31. The van der Waals surface area contributed by atoms with E-state index in [4.69, 9.17) is 22.7 Å². The third-order valence-corrected chi connectivity index (χ3v) is 8.60. The Kier molecular flexibility index (Phi) is 14.2. The number of nitrogens with zero attached hydrogens (tertiary/aromatic N) is 6. The van der Waals surface area contributed by atoms with Crippen LogP contribution in [0.2, 0.25) is 0 Å². The van der Waals surface area contributed by atoms with E-state index >= 15 is 0 Å². The van der Waals surface area contributed by atoms with E-state index in [-0.39, 0.29) is 28.8 Å². The van der Waals surface area contributed by atoms with Crippen LogP contribution in [-0.4, -0.2) is 101 Å². The second kappa shape index (κ2) is 19.2. The number of aromatic nitrogens is 4. The van der Waals surface area contributed by atoms with Crippen LogP contribution in [-0.2, 0) is 27.2 Å². The highest BCUT2D eigenvalue weighted by atomic mass is 32.1. The zero-order valence-electron chi connectivity index (χ0n) is 29.0. The number of anilines is 3. The summed E-state index contributed by atoms with van der Waals surface area (Å²) in [6.45, 7) is 3.36. The van der Waals surface area contributed by atoms with Crippen molar-refractivity contribution >= 4 is 104 Å². The summed E-state index contributed by atoms with van der Waals surface area (Å²) in [6, 6.07) is 13.1. The van der Waals surface area contributed by atoms with Gasteiger partial charge in [-0.05, 0) is 85.7 Å². The number of isothiocyanates is 2. The van der Waals surface area contributed by atoms with Gasteiger partial charge in [-0.25, -0.2) is 4.98 Å². The highest BCUT2D eigenvalue weighted by molar-refractivity contribution is 7.80. The molecule has 17 nitrogen and oxygen atoms in total. The minimum Gasteiger partial charge on any atom is -0.387 e. The van der Waals surface area contributed by atoms with Gasteiger partial charge < -0.3 is 47.3 Å². The molecule has 4 atom stereocenters. The highest BCUT2D eigenvalue weighted by Crippen LogP contribution is 2.33. The van der Waals surface area contributed by atoms with E-state index in [9.17, 15) is 19.8 Å². The van der Waals surface area contributed by atoms with Crippen LogP contribution in [0.3, 0.4) is 0 Å². The number of rotatable bonds is 16. The van der Waals surface area contributed by atoms with Gasteiger partial charge in [0.25, 0.3) is 5.91 Å². The quantitative estimate of drug-likeness (QED) is 0.0462. The molecule has 0 radical (unpaired) electrons. The van der Waals surface area contributed by atoms with Gasteiger partial charge in [0, 0.05) is 38.3 Å². The summed E-state index contributed by atoms with van der Waals surface area (Å²) in [5.41, 5.74) is 10.5. The minimum atomic E-state index is -1.44. The predicted molar refractivity (Wildman–Crippen MR) is 214 cm³/mol. The number of nitrogens with one attached hydrogen (secondary N) is 5. The molecular formula is C34H38N12O5S3. The van der Waals surface area contributed by atoms with Gasteiger partial charge >= 0.3 is 0 Å². The van der Waals surface area contributed by atoms with E-state index in [0.29, 0.717) is 67.6 Å². The number of fused-ring (bicyclic) bond motifs is 1. The lowest BCUT2D eigenvalue weighted by molar-refractivity contribution is -0.137. The van der Waals surface area contributed by atoms with Crippen molar-refractivity contribution in [1.29, 1.82) is 0 Å². The Balaban J connectivity index is 1.04. The number of thiocarbonyl (C=S) groups is 3. The van der Waals surface area contributed by atoms with Crippen LogP contribution in [0.15, 0.2) is 58.8 Å². The number of aryl methyl sites for hydroxylation is 1. The lowest BCUT2D eigenvalue weighted by atomic mass is 10.1. The van der Waals surface area contributed by atoms with Gasteiger partial charge in [0.2, 0.25) is 11.9 Å². The number of ether oxygens (including phenoxy) is 1. The number of imidazole rings is 1. The van der Waals surface area contributed by atoms with Gasteiger partial charge in [0.05, 0.1) is 28.0 Å². The smallest absolute Gasteiger partial charge is 0.252 e. The number of carbonyl (C=O) groups excluding carboxylic acids is 2. The van der Waals surface area contributed by atoms with Crippen LogP contribution in [0.25, 0.3) is 11.2 Å². The molecule has 20 heteroatoms. The van der Waals surface area contributed by atoms with Crippen LogP contribution in [0.5, 0.6) is 0 Å². The second-order valence-electron chi connectivity index (χ2n) is 11.9. The summed E-state index contributed by atoms with van der Waals surface area (Å²) in [5.74, 6) is -0.263. The Labute approximate surface area is 325 Å². The van der Waals surface area contributed by atoms with E-state index in [1.165, 1.54) is 10.9 Å². The average molecular weight is 791 g/mol. The van der Waals surface area contributed by atoms with Gasteiger partial charge in [0.15, 0.2) is 28.9 Å². The third kappa shape index (κ3) is 10.4. The molecule has 1 fully saturated rings. The number of aliphatic imine (C=N–C) groups is 2. The Morgan fingerprint density at radius 1 is 0.944 bits per heavy atom. The molecule has 0 unspecified atom stereocenters. The molecule has 9 N–H and O–H groups in total. The summed E-state index contributed by atoms with van der Waals surface area (Å²) in [7, 11) is 0. The fourth-order valence-corrected chi connectivity index (χ4v) is 6.01. The monoisotopic (exact) mass is 790 g/mol. The molecular weight excluding hydrogens is 753 g/mol. The molecule has 282 valence electrons. The van der Waals surface area contributed by atoms with Crippen molar-refractivity contribution in [2.75, 3.05) is 42.5 Å². The summed E-state index contributed by atoms with van der Waals surface area (Å²) >= 11 is 14.7. The molecule has 1 saturated heterocycles. The van der Waals surface area contributed by atoms with Crippen LogP contribution in [0.4, 0.5) is 28.8 Å². The summed E-state index contributed by atoms with van der Waals surface area (Å²) in [4.78, 5) is 45.8. The van der Waals surface area contributed by atoms with Crippen molar-refractivity contribution in [3.05, 3.63) is 59.9 Å². The Bertz CT molecular complexity index is 2050. The number of carbonyl (C=O) groups is 2. The van der Waals surface area contributed by atoms with Crippen molar-refractivity contribution in [2.45, 2.75) is 50.7 Å². The molecule has 3 heterocycles. The SMILES string of the molecule is CCNC(=O)[C@H]1O[C@@H](n2cnc3c(N)nc(NCCc4ccc(CCC(=O)NCCNC(=S)Nc5cc(N=C=S)cc(N=C=S)c5)cc4)nc32)[C@H](O)[C@@H]1O. The summed E-state index contributed by atoms with van der Waals surface area (Å²) < 4.78 is 7.14. The van der Waals surface area contributed by atoms with Crippen molar-refractivity contribution in [1.82, 2.24) is 35.5 Å². The lowest BCUT2D eigenvalue weighted by Gasteiger charge is -2.16. The molecule has 2 aromatic heterocycles. The fourth-order valence-electron chi connectivity index (χ4n) is 5.58. The molecule has 1 aliphatic heterocycles. The highest BCUT2D eigenvalue weighted by Gasteiger charge is 2.47. The Morgan fingerprint density at radius 3 is 2.28 bits per heavy atom. The predicted octanol–water partition coefficient (Wildman–Crippen LogP) is 2.32. The van der Waals surface area contributed by atoms with Gasteiger partial charge in [-0.2, -0.15) is 20.0 Å². The molecule has 0 bridgehead atoms. The molecule has 0 spiro atoms. The topological polar surface area (TPSA) is 238 Å². The van der Waals surface area contributed by atoms with Crippen molar-refractivity contribution < 1.29 is 24.5 Å². The number of nitrogens with two attached hydrogens (primary N) is 1. The van der Waals surface area contributed by atoms with E-state index in [1.54, 1.807) is 25.1 Å². The fraction of sp³-hybridized carbons (Fsp3) is 0.353. The lowest BCUT2D eigenvalue weighted by Crippen LogP contribution is -2.42. The van der Waals surface area contributed by atoms with Crippen LogP contribution < -0.4 is 32.3 Å². The number of hydrogen-bond acceptors (Lipinski definition) is 15. The number of aliphatic hydroxyl groups is 2. The van der Waals surface area contributed by atoms with Gasteiger partial charge in [-0.15, -0.1) is 0 Å². The molecule has 0 saturated carbocycles. The van der Waals surface area contributed by atoms with Crippen LogP contribution >= 0.6 is 36.7 Å². The van der Waals surface area contributed by atoms with Gasteiger partial charge in [-0.1, -0.05) is 24.3 Å². The third-order valence-electron chi connectivity index (χ3n) is 8.17. The summed E-state index contributed by atoms with van der Waals surface area (Å²) in [5, 5.41) is 40.8. The van der Waals surface area contributed by atoms with Crippen LogP contribution in [0.1, 0.15) is 30.7 Å². The Hall–Kier alpha value is -5.30. The number of amides is 2. The zero-order valence-corrected chi connectivity index (χ0v) is 31.4. The number of nitrogen functional groups attached to an aromatic ring is 1. The molecule has 2 aromatic carbocycles. The molecule has 5 rings (SSSR count). The van der Waals surface area contributed by atoms with E-state index in [1.807, 2.05) is 24.3 Å². The first-order valence-corrected chi connectivity index (χ1v) is 18.1. The first-order valence-electron chi connectivity index (χ1n) is 16.8. The normalized spacial score (nSPS) is 17.5. The second-order valence-corrected chi connectivity index (χ2v) is 12.7. The van der Waals surface area contributed by atoms with Crippen LogP contribution in [0, 0.1) is 0 Å². The van der Waals surface area contributed by atoms with Crippen molar-refractivity contribution in [3.8, 4) is 0 Å². The number of likely N-dealkylation sites (N-methyl/N-ethyl adjacent to an activating group) is 1. The largest absolute Gasteiger partial charge is 0.387 e. The zero-order chi connectivity index (χ0) is 38.6. The average Bonchev–Trinajstić information content (AvgIpc) is 3.70. The maximum atomic E-state index is 12.5.